The summed E-state index contributed by atoms with van der Waals surface area (Å²) in [5.74, 6) is 0.140. The minimum absolute atomic E-state index is 0.101. The number of carbonyl (C=O) groups is 1. The van der Waals surface area contributed by atoms with Gasteiger partial charge in [0.05, 0.1) is 10.9 Å². The highest BCUT2D eigenvalue weighted by Gasteiger charge is 2.20. The van der Waals surface area contributed by atoms with Gasteiger partial charge >= 0.3 is 0 Å². The van der Waals surface area contributed by atoms with Crippen molar-refractivity contribution in [1.82, 2.24) is 9.97 Å². The van der Waals surface area contributed by atoms with Gasteiger partial charge in [-0.15, -0.1) is 0 Å². The Bertz CT molecular complexity index is 619. The van der Waals surface area contributed by atoms with E-state index in [1.165, 1.54) is 0 Å². The Morgan fingerprint density at radius 2 is 2.19 bits per heavy atom. The van der Waals surface area contributed by atoms with Crippen molar-refractivity contribution in [3.63, 3.8) is 0 Å². The first kappa shape index (κ1) is 15.9. The third-order valence-electron chi connectivity index (χ3n) is 3.00. The van der Waals surface area contributed by atoms with E-state index in [4.69, 9.17) is 11.6 Å². The van der Waals surface area contributed by atoms with E-state index < -0.39 is 0 Å². The first-order chi connectivity index (χ1) is 10.1. The first-order valence-electron chi connectivity index (χ1n) is 6.63. The van der Waals surface area contributed by atoms with Crippen LogP contribution in [0.15, 0.2) is 41.3 Å². The zero-order valence-electron chi connectivity index (χ0n) is 11.5. The summed E-state index contributed by atoms with van der Waals surface area (Å²) in [4.78, 5) is 20.7. The van der Waals surface area contributed by atoms with Gasteiger partial charge in [-0.2, -0.15) is 0 Å². The summed E-state index contributed by atoms with van der Waals surface area (Å²) in [6, 6.07) is 5.36. The molecule has 0 fully saturated rings. The second kappa shape index (κ2) is 7.52. The highest BCUT2D eigenvalue weighted by molar-refractivity contribution is 9.10. The number of hydrogen-bond donors (Lipinski definition) is 1. The van der Waals surface area contributed by atoms with Crippen LogP contribution in [0.5, 0.6) is 0 Å². The maximum Gasteiger partial charge on any atom is 0.233 e. The van der Waals surface area contributed by atoms with E-state index in [1.54, 1.807) is 30.7 Å². The van der Waals surface area contributed by atoms with Crippen LogP contribution in [0.25, 0.3) is 0 Å². The molecule has 6 heteroatoms. The molecule has 2 aromatic rings. The van der Waals surface area contributed by atoms with Crippen LogP contribution in [0, 0.1) is 0 Å². The SMILES string of the molecule is CCCC(C(=O)Nc1ccc(Br)cn1)c1cncc(Cl)c1. The number of amides is 1. The standard InChI is InChI=1S/C15H15BrClN3O/c1-2-3-13(10-6-12(17)9-18-7-10)15(21)20-14-5-4-11(16)8-19-14/h4-9,13H,2-3H2,1H3,(H,19,20,21). The molecule has 0 saturated heterocycles. The molecule has 0 bridgehead atoms. The molecule has 2 rings (SSSR count). The Hall–Kier alpha value is -1.46. The molecular weight excluding hydrogens is 354 g/mol. The lowest BCUT2D eigenvalue weighted by Crippen LogP contribution is -2.21. The molecule has 0 aliphatic heterocycles. The second-order valence-corrected chi connectivity index (χ2v) is 5.98. The maximum atomic E-state index is 12.5. The lowest BCUT2D eigenvalue weighted by Gasteiger charge is -2.16. The zero-order valence-corrected chi connectivity index (χ0v) is 13.9. The van der Waals surface area contributed by atoms with Gasteiger partial charge in [-0.05, 0) is 46.1 Å². The molecule has 0 aliphatic rings. The summed E-state index contributed by atoms with van der Waals surface area (Å²) in [6.07, 6.45) is 6.50. The summed E-state index contributed by atoms with van der Waals surface area (Å²) in [5, 5.41) is 3.36. The molecule has 0 aliphatic carbocycles. The van der Waals surface area contributed by atoms with E-state index in [0.29, 0.717) is 10.8 Å². The summed E-state index contributed by atoms with van der Waals surface area (Å²) in [7, 11) is 0. The number of pyridine rings is 2. The molecule has 1 atom stereocenters. The van der Waals surface area contributed by atoms with Crippen LogP contribution < -0.4 is 5.32 Å². The molecule has 0 saturated carbocycles. The third-order valence-corrected chi connectivity index (χ3v) is 3.68. The quantitative estimate of drug-likeness (QED) is 0.850. The molecule has 21 heavy (non-hydrogen) atoms. The fourth-order valence-corrected chi connectivity index (χ4v) is 2.44. The van der Waals surface area contributed by atoms with Crippen molar-refractivity contribution in [3.8, 4) is 0 Å². The number of carbonyl (C=O) groups excluding carboxylic acids is 1. The molecule has 4 nitrogen and oxygen atoms in total. The van der Waals surface area contributed by atoms with Gasteiger partial charge in [0.25, 0.3) is 0 Å². The van der Waals surface area contributed by atoms with Gasteiger partial charge in [-0.25, -0.2) is 4.98 Å². The smallest absolute Gasteiger partial charge is 0.233 e. The van der Waals surface area contributed by atoms with Crippen molar-refractivity contribution in [2.45, 2.75) is 25.7 Å². The minimum atomic E-state index is -0.286. The second-order valence-electron chi connectivity index (χ2n) is 4.63. The number of halogens is 2. The van der Waals surface area contributed by atoms with Crippen LogP contribution in [0.3, 0.4) is 0 Å². The van der Waals surface area contributed by atoms with Gasteiger partial charge in [-0.1, -0.05) is 24.9 Å². The average molecular weight is 369 g/mol. The monoisotopic (exact) mass is 367 g/mol. The van der Waals surface area contributed by atoms with E-state index in [1.807, 2.05) is 13.0 Å². The normalized spacial score (nSPS) is 12.0. The highest BCUT2D eigenvalue weighted by atomic mass is 79.9. The minimum Gasteiger partial charge on any atom is -0.310 e. The predicted molar refractivity (Wildman–Crippen MR) is 87.5 cm³/mol. The highest BCUT2D eigenvalue weighted by Crippen LogP contribution is 2.24. The lowest BCUT2D eigenvalue weighted by molar-refractivity contribution is -0.117. The van der Waals surface area contributed by atoms with E-state index in [0.717, 1.165) is 22.9 Å². The van der Waals surface area contributed by atoms with Crippen LogP contribution in [0.2, 0.25) is 5.02 Å². The van der Waals surface area contributed by atoms with Crippen molar-refractivity contribution in [2.75, 3.05) is 5.32 Å². The van der Waals surface area contributed by atoms with Gasteiger partial charge in [0.1, 0.15) is 5.82 Å². The first-order valence-corrected chi connectivity index (χ1v) is 7.80. The van der Waals surface area contributed by atoms with E-state index in [9.17, 15) is 4.79 Å². The Morgan fingerprint density at radius 1 is 1.38 bits per heavy atom. The van der Waals surface area contributed by atoms with Crippen LogP contribution in [-0.2, 0) is 4.79 Å². The molecule has 2 aromatic heterocycles. The number of rotatable bonds is 5. The Morgan fingerprint density at radius 3 is 2.81 bits per heavy atom. The fraction of sp³-hybridized carbons (Fsp3) is 0.267. The molecular formula is C15H15BrClN3O. The molecule has 1 unspecified atom stereocenters. The van der Waals surface area contributed by atoms with Gasteiger partial charge in [-0.3, -0.25) is 9.78 Å². The number of nitrogens with one attached hydrogen (secondary N) is 1. The van der Waals surface area contributed by atoms with Crippen LogP contribution >= 0.6 is 27.5 Å². The van der Waals surface area contributed by atoms with E-state index in [-0.39, 0.29) is 11.8 Å². The number of aromatic nitrogens is 2. The molecule has 110 valence electrons. The van der Waals surface area contributed by atoms with Crippen LogP contribution in [0.4, 0.5) is 5.82 Å². The number of hydrogen-bond acceptors (Lipinski definition) is 3. The summed E-state index contributed by atoms with van der Waals surface area (Å²) in [5.41, 5.74) is 0.818. The molecule has 1 amide bonds. The number of anilines is 1. The van der Waals surface area contributed by atoms with Crippen LogP contribution in [0.1, 0.15) is 31.2 Å². The maximum absolute atomic E-state index is 12.5. The van der Waals surface area contributed by atoms with Gasteiger partial charge in [0.2, 0.25) is 5.91 Å². The Balaban J connectivity index is 2.17. The Kier molecular flexibility index (Phi) is 5.70. The molecule has 0 spiro atoms. The van der Waals surface area contributed by atoms with Crippen molar-refractivity contribution < 1.29 is 4.79 Å². The van der Waals surface area contributed by atoms with Crippen molar-refractivity contribution >= 4 is 39.3 Å². The molecule has 0 aromatic carbocycles. The van der Waals surface area contributed by atoms with E-state index >= 15 is 0 Å². The molecule has 2 heterocycles. The average Bonchev–Trinajstić information content (AvgIpc) is 2.47. The zero-order chi connectivity index (χ0) is 15.2. The lowest BCUT2D eigenvalue weighted by atomic mass is 9.95. The van der Waals surface area contributed by atoms with Gasteiger partial charge in [0, 0.05) is 23.1 Å². The largest absolute Gasteiger partial charge is 0.310 e. The fourth-order valence-electron chi connectivity index (χ4n) is 2.02. The van der Waals surface area contributed by atoms with E-state index in [2.05, 4.69) is 31.2 Å². The predicted octanol–water partition coefficient (Wildman–Crippen LogP) is 4.41. The van der Waals surface area contributed by atoms with Gasteiger partial charge < -0.3 is 5.32 Å². The summed E-state index contributed by atoms with van der Waals surface area (Å²) >= 11 is 9.27. The molecule has 0 radical (unpaired) electrons. The van der Waals surface area contributed by atoms with Crippen LogP contribution in [-0.4, -0.2) is 15.9 Å². The van der Waals surface area contributed by atoms with Crippen molar-refractivity contribution in [2.24, 2.45) is 0 Å². The molecule has 1 N–H and O–H groups in total. The number of nitrogens with zero attached hydrogens (tertiary/aromatic N) is 2. The third kappa shape index (κ3) is 4.51. The topological polar surface area (TPSA) is 54.9 Å². The van der Waals surface area contributed by atoms with Gasteiger partial charge in [0.15, 0.2) is 0 Å². The van der Waals surface area contributed by atoms with Crippen molar-refractivity contribution in [1.29, 1.82) is 0 Å². The summed E-state index contributed by atoms with van der Waals surface area (Å²) in [6.45, 7) is 2.04. The summed E-state index contributed by atoms with van der Waals surface area (Å²) < 4.78 is 0.865. The Labute approximate surface area is 137 Å². The van der Waals surface area contributed by atoms with Crippen molar-refractivity contribution in [3.05, 3.63) is 51.8 Å².